The Morgan fingerprint density at radius 1 is 1.43 bits per heavy atom. The van der Waals surface area contributed by atoms with Gasteiger partial charge in [0.1, 0.15) is 6.10 Å². The topological polar surface area (TPSA) is 44.8 Å². The van der Waals surface area contributed by atoms with E-state index in [2.05, 4.69) is 22.3 Å². The lowest BCUT2D eigenvalue weighted by molar-refractivity contribution is -0.148. The molecular weight excluding hydrogens is 266 g/mol. The number of likely N-dealkylation sites (N-methyl/N-ethyl adjacent to an activating group) is 2. The van der Waals surface area contributed by atoms with Crippen LogP contribution in [0.5, 0.6) is 0 Å². The van der Waals surface area contributed by atoms with Crippen molar-refractivity contribution in [1.82, 2.24) is 15.1 Å². The molecule has 1 heterocycles. The molecule has 0 saturated carbocycles. The molecule has 0 bridgehead atoms. The first-order chi connectivity index (χ1) is 10.2. The fraction of sp³-hybridized carbons (Fsp3) is 0.562. The molecule has 1 fully saturated rings. The second kappa shape index (κ2) is 8.12. The number of carbonyl (C=O) groups is 1. The van der Waals surface area contributed by atoms with Gasteiger partial charge in [-0.05, 0) is 12.6 Å². The standard InChI is InChI=1S/C16H25N3O2/c1-17-8-9-18(2)16(20)15-13-19(10-11-21-15)12-14-6-4-3-5-7-14/h3-7,15,17H,8-13H2,1-2H3. The maximum Gasteiger partial charge on any atom is 0.252 e. The second-order valence-electron chi connectivity index (χ2n) is 5.44. The summed E-state index contributed by atoms with van der Waals surface area (Å²) in [7, 11) is 3.72. The number of amides is 1. The Balaban J connectivity index is 1.86. The maximum atomic E-state index is 12.3. The van der Waals surface area contributed by atoms with E-state index in [1.165, 1.54) is 5.56 Å². The zero-order valence-corrected chi connectivity index (χ0v) is 12.9. The van der Waals surface area contributed by atoms with E-state index in [9.17, 15) is 4.79 Å². The highest BCUT2D eigenvalue weighted by atomic mass is 16.5. The number of benzene rings is 1. The minimum atomic E-state index is -0.343. The van der Waals surface area contributed by atoms with Crippen molar-refractivity contribution >= 4 is 5.91 Å². The Kier molecular flexibility index (Phi) is 6.17. The Bertz CT molecular complexity index is 438. The highest BCUT2D eigenvalue weighted by Gasteiger charge is 2.28. The molecule has 1 amide bonds. The van der Waals surface area contributed by atoms with E-state index in [4.69, 9.17) is 4.74 Å². The zero-order valence-electron chi connectivity index (χ0n) is 12.9. The summed E-state index contributed by atoms with van der Waals surface area (Å²) in [6.07, 6.45) is -0.343. The lowest BCUT2D eigenvalue weighted by atomic mass is 10.2. The van der Waals surface area contributed by atoms with Crippen molar-refractivity contribution in [3.05, 3.63) is 35.9 Å². The fourth-order valence-electron chi connectivity index (χ4n) is 2.47. The van der Waals surface area contributed by atoms with E-state index in [-0.39, 0.29) is 12.0 Å². The minimum Gasteiger partial charge on any atom is -0.366 e. The normalized spacial score (nSPS) is 19.4. The van der Waals surface area contributed by atoms with Gasteiger partial charge in [0.15, 0.2) is 0 Å². The average Bonchev–Trinajstić information content (AvgIpc) is 2.53. The van der Waals surface area contributed by atoms with Gasteiger partial charge in [0.25, 0.3) is 5.91 Å². The number of rotatable bonds is 6. The molecule has 0 aromatic heterocycles. The van der Waals surface area contributed by atoms with Crippen LogP contribution in [0.1, 0.15) is 5.56 Å². The largest absolute Gasteiger partial charge is 0.366 e. The van der Waals surface area contributed by atoms with Crippen molar-refractivity contribution in [3.8, 4) is 0 Å². The maximum absolute atomic E-state index is 12.3. The van der Waals surface area contributed by atoms with Gasteiger partial charge in [0, 0.05) is 39.8 Å². The molecule has 1 aliphatic rings. The summed E-state index contributed by atoms with van der Waals surface area (Å²) in [5.41, 5.74) is 1.27. The Hall–Kier alpha value is -1.43. The summed E-state index contributed by atoms with van der Waals surface area (Å²) in [5.74, 6) is 0.0722. The van der Waals surface area contributed by atoms with Gasteiger partial charge < -0.3 is 15.0 Å². The summed E-state index contributed by atoms with van der Waals surface area (Å²) in [6.45, 7) is 4.52. The Morgan fingerprint density at radius 3 is 2.90 bits per heavy atom. The van der Waals surface area contributed by atoms with Gasteiger partial charge in [-0.15, -0.1) is 0 Å². The summed E-state index contributed by atoms with van der Waals surface area (Å²) < 4.78 is 5.66. The lowest BCUT2D eigenvalue weighted by Gasteiger charge is -2.34. The number of hydrogen-bond donors (Lipinski definition) is 1. The van der Waals surface area contributed by atoms with E-state index in [1.807, 2.05) is 32.3 Å². The van der Waals surface area contributed by atoms with E-state index >= 15 is 0 Å². The molecule has 1 aromatic carbocycles. The molecule has 5 nitrogen and oxygen atoms in total. The van der Waals surface area contributed by atoms with Gasteiger partial charge in [-0.3, -0.25) is 9.69 Å². The first kappa shape index (κ1) is 15.9. The van der Waals surface area contributed by atoms with Gasteiger partial charge in [0.05, 0.1) is 6.61 Å². The monoisotopic (exact) mass is 291 g/mol. The quantitative estimate of drug-likeness (QED) is 0.832. The fourth-order valence-corrected chi connectivity index (χ4v) is 2.47. The predicted molar refractivity (Wildman–Crippen MR) is 83.0 cm³/mol. The first-order valence-corrected chi connectivity index (χ1v) is 7.48. The number of carbonyl (C=O) groups excluding carboxylic acids is 1. The third-order valence-electron chi connectivity index (χ3n) is 3.75. The van der Waals surface area contributed by atoms with Crippen LogP contribution in [0.25, 0.3) is 0 Å². The third-order valence-corrected chi connectivity index (χ3v) is 3.75. The number of nitrogens with zero attached hydrogens (tertiary/aromatic N) is 2. The van der Waals surface area contributed by atoms with Gasteiger partial charge in [0.2, 0.25) is 0 Å². The molecule has 1 aliphatic heterocycles. The van der Waals surface area contributed by atoms with Gasteiger partial charge in [-0.25, -0.2) is 0 Å². The van der Waals surface area contributed by atoms with Crippen molar-refractivity contribution in [1.29, 1.82) is 0 Å². The van der Waals surface area contributed by atoms with Crippen LogP contribution in [-0.2, 0) is 16.1 Å². The SMILES string of the molecule is CNCCN(C)C(=O)C1CN(Cc2ccccc2)CCO1. The third kappa shape index (κ3) is 4.81. The van der Waals surface area contributed by atoms with Crippen molar-refractivity contribution < 1.29 is 9.53 Å². The van der Waals surface area contributed by atoms with Crippen molar-refractivity contribution in [2.75, 3.05) is 46.9 Å². The van der Waals surface area contributed by atoms with Crippen LogP contribution in [-0.4, -0.2) is 68.7 Å². The van der Waals surface area contributed by atoms with Crippen molar-refractivity contribution in [2.45, 2.75) is 12.6 Å². The molecule has 1 aromatic rings. The van der Waals surface area contributed by atoms with Crippen molar-refractivity contribution in [3.63, 3.8) is 0 Å². The van der Waals surface area contributed by atoms with Crippen molar-refractivity contribution in [2.24, 2.45) is 0 Å². The van der Waals surface area contributed by atoms with Crippen LogP contribution >= 0.6 is 0 Å². The van der Waals surface area contributed by atoms with Crippen LogP contribution in [0.3, 0.4) is 0 Å². The van der Waals surface area contributed by atoms with Crippen LogP contribution in [0.4, 0.5) is 0 Å². The highest BCUT2D eigenvalue weighted by molar-refractivity contribution is 5.81. The molecule has 1 saturated heterocycles. The Morgan fingerprint density at radius 2 is 2.19 bits per heavy atom. The smallest absolute Gasteiger partial charge is 0.252 e. The van der Waals surface area contributed by atoms with Gasteiger partial charge in [-0.2, -0.15) is 0 Å². The summed E-state index contributed by atoms with van der Waals surface area (Å²) in [4.78, 5) is 16.4. The predicted octanol–water partition coefficient (Wildman–Crippen LogP) is 0.565. The summed E-state index contributed by atoms with van der Waals surface area (Å²) in [5, 5.41) is 3.05. The molecule has 1 atom stereocenters. The van der Waals surface area contributed by atoms with E-state index in [1.54, 1.807) is 4.90 Å². The van der Waals surface area contributed by atoms with Crippen LogP contribution in [0.15, 0.2) is 30.3 Å². The molecule has 0 spiro atoms. The van der Waals surface area contributed by atoms with Crippen LogP contribution < -0.4 is 5.32 Å². The summed E-state index contributed by atoms with van der Waals surface area (Å²) >= 11 is 0. The number of morpholine rings is 1. The molecule has 2 rings (SSSR count). The summed E-state index contributed by atoms with van der Waals surface area (Å²) in [6, 6.07) is 10.3. The molecule has 1 N–H and O–H groups in total. The average molecular weight is 291 g/mol. The van der Waals surface area contributed by atoms with E-state index in [0.717, 1.165) is 19.6 Å². The highest BCUT2D eigenvalue weighted by Crippen LogP contribution is 2.12. The molecule has 0 radical (unpaired) electrons. The lowest BCUT2D eigenvalue weighted by Crippen LogP contribution is -2.50. The van der Waals surface area contributed by atoms with Gasteiger partial charge in [-0.1, -0.05) is 30.3 Å². The molecule has 21 heavy (non-hydrogen) atoms. The molecule has 5 heteroatoms. The number of hydrogen-bond acceptors (Lipinski definition) is 4. The number of nitrogens with one attached hydrogen (secondary N) is 1. The van der Waals surface area contributed by atoms with Crippen LogP contribution in [0, 0.1) is 0 Å². The first-order valence-electron chi connectivity index (χ1n) is 7.48. The van der Waals surface area contributed by atoms with E-state index < -0.39 is 0 Å². The number of ether oxygens (including phenoxy) is 1. The molecule has 116 valence electrons. The molecule has 0 aliphatic carbocycles. The zero-order chi connectivity index (χ0) is 15.1. The minimum absolute atomic E-state index is 0.0722. The Labute approximate surface area is 126 Å². The second-order valence-corrected chi connectivity index (χ2v) is 5.44. The van der Waals surface area contributed by atoms with Crippen LogP contribution in [0.2, 0.25) is 0 Å². The molecular formula is C16H25N3O2. The molecule has 1 unspecified atom stereocenters. The van der Waals surface area contributed by atoms with E-state index in [0.29, 0.717) is 19.7 Å². The van der Waals surface area contributed by atoms with Gasteiger partial charge >= 0.3 is 0 Å².